The molecule has 0 unspecified atom stereocenters. The zero-order valence-electron chi connectivity index (χ0n) is 11.0. The second kappa shape index (κ2) is 6.38. The molecule has 0 fully saturated rings. The summed E-state index contributed by atoms with van der Waals surface area (Å²) in [6, 6.07) is 5.72. The lowest BCUT2D eigenvalue weighted by atomic mass is 10.3. The smallest absolute Gasteiger partial charge is 0.239 e. The van der Waals surface area contributed by atoms with Crippen LogP contribution in [0.2, 0.25) is 0 Å². The van der Waals surface area contributed by atoms with Gasteiger partial charge in [0.2, 0.25) is 5.91 Å². The van der Waals surface area contributed by atoms with Gasteiger partial charge in [0, 0.05) is 6.54 Å². The Balaban J connectivity index is 1.99. The normalized spacial score (nSPS) is 10.4. The second-order valence-electron chi connectivity index (χ2n) is 4.06. The number of aromatic nitrogens is 1. The van der Waals surface area contributed by atoms with Crippen LogP contribution in [0.4, 0.5) is 5.13 Å². The van der Waals surface area contributed by atoms with Crippen molar-refractivity contribution < 1.29 is 9.53 Å². The summed E-state index contributed by atoms with van der Waals surface area (Å²) in [5.41, 5.74) is 0.905. The summed E-state index contributed by atoms with van der Waals surface area (Å²) in [4.78, 5) is 15.9. The number of benzene rings is 1. The van der Waals surface area contributed by atoms with E-state index < -0.39 is 0 Å². The first-order chi connectivity index (χ1) is 9.22. The van der Waals surface area contributed by atoms with E-state index in [9.17, 15) is 4.79 Å². The Kier molecular flexibility index (Phi) is 4.57. The number of nitrogens with zero attached hydrogens (tertiary/aromatic N) is 1. The monoisotopic (exact) mass is 279 g/mol. The average molecular weight is 279 g/mol. The number of anilines is 1. The van der Waals surface area contributed by atoms with Gasteiger partial charge in [-0.1, -0.05) is 18.3 Å². The summed E-state index contributed by atoms with van der Waals surface area (Å²) in [6.07, 6.45) is 0.937. The number of carbonyl (C=O) groups excluding carboxylic acids is 1. The van der Waals surface area contributed by atoms with E-state index in [-0.39, 0.29) is 12.5 Å². The first kappa shape index (κ1) is 13.6. The maximum Gasteiger partial charge on any atom is 0.239 e. The molecule has 102 valence electrons. The third kappa shape index (κ3) is 3.57. The van der Waals surface area contributed by atoms with Gasteiger partial charge >= 0.3 is 0 Å². The number of hydrogen-bond acceptors (Lipinski definition) is 5. The van der Waals surface area contributed by atoms with Gasteiger partial charge in [-0.25, -0.2) is 4.98 Å². The maximum absolute atomic E-state index is 11.5. The molecule has 0 spiro atoms. The summed E-state index contributed by atoms with van der Waals surface area (Å²) in [5.74, 6) is 0.794. The van der Waals surface area contributed by atoms with E-state index in [0.29, 0.717) is 6.54 Å². The number of thiazole rings is 1. The van der Waals surface area contributed by atoms with Crippen LogP contribution in [0.5, 0.6) is 5.75 Å². The standard InChI is InChI=1S/C13H17N3O2S/c1-3-6-14-12(17)8-15-13-16-10-5-4-9(18-2)7-11(10)19-13/h4-5,7H,3,6,8H2,1-2H3,(H,14,17)(H,15,16). The van der Waals surface area contributed by atoms with Crippen molar-refractivity contribution >= 4 is 32.6 Å². The van der Waals surface area contributed by atoms with Crippen LogP contribution in [-0.2, 0) is 4.79 Å². The van der Waals surface area contributed by atoms with Crippen molar-refractivity contribution in [3.8, 4) is 5.75 Å². The van der Waals surface area contributed by atoms with Gasteiger partial charge in [0.25, 0.3) is 0 Å². The lowest BCUT2D eigenvalue weighted by molar-refractivity contribution is -0.119. The van der Waals surface area contributed by atoms with Crippen LogP contribution in [-0.4, -0.2) is 31.1 Å². The topological polar surface area (TPSA) is 63.2 Å². The van der Waals surface area contributed by atoms with E-state index in [0.717, 1.165) is 27.5 Å². The molecule has 2 N–H and O–H groups in total. The van der Waals surface area contributed by atoms with Crippen molar-refractivity contribution in [1.29, 1.82) is 0 Å². The Labute approximate surface area is 116 Å². The fraction of sp³-hybridized carbons (Fsp3) is 0.385. The number of carbonyl (C=O) groups is 1. The highest BCUT2D eigenvalue weighted by Gasteiger charge is 2.06. The Hall–Kier alpha value is -1.82. The molecule has 1 aromatic heterocycles. The zero-order valence-corrected chi connectivity index (χ0v) is 11.8. The number of fused-ring (bicyclic) bond motifs is 1. The van der Waals surface area contributed by atoms with Crippen LogP contribution in [0.3, 0.4) is 0 Å². The number of rotatable bonds is 6. The second-order valence-corrected chi connectivity index (χ2v) is 5.09. The third-order valence-electron chi connectivity index (χ3n) is 2.57. The third-order valence-corrected chi connectivity index (χ3v) is 3.54. The van der Waals surface area contributed by atoms with Gasteiger partial charge in [0.05, 0.1) is 23.9 Å². The van der Waals surface area contributed by atoms with Crippen LogP contribution in [0.25, 0.3) is 10.2 Å². The van der Waals surface area contributed by atoms with Gasteiger partial charge in [-0.3, -0.25) is 4.79 Å². The molecule has 0 aliphatic carbocycles. The van der Waals surface area contributed by atoms with E-state index in [1.54, 1.807) is 7.11 Å². The van der Waals surface area contributed by atoms with Gasteiger partial charge in [-0.15, -0.1) is 0 Å². The van der Waals surface area contributed by atoms with E-state index >= 15 is 0 Å². The first-order valence-corrected chi connectivity index (χ1v) is 6.99. The molecule has 1 heterocycles. The molecular weight excluding hydrogens is 262 g/mol. The Morgan fingerprint density at radius 2 is 2.32 bits per heavy atom. The fourth-order valence-corrected chi connectivity index (χ4v) is 2.48. The molecule has 5 nitrogen and oxygen atoms in total. The minimum absolute atomic E-state index is 0.0151. The molecule has 2 rings (SSSR count). The number of amides is 1. The largest absolute Gasteiger partial charge is 0.497 e. The number of nitrogens with one attached hydrogen (secondary N) is 2. The maximum atomic E-state index is 11.5. The Morgan fingerprint density at radius 1 is 1.47 bits per heavy atom. The van der Waals surface area contributed by atoms with Crippen LogP contribution in [0, 0.1) is 0 Å². The number of ether oxygens (including phenoxy) is 1. The minimum Gasteiger partial charge on any atom is -0.497 e. The van der Waals surface area contributed by atoms with Crippen molar-refractivity contribution in [1.82, 2.24) is 10.3 Å². The quantitative estimate of drug-likeness (QED) is 0.851. The molecule has 19 heavy (non-hydrogen) atoms. The molecule has 0 bridgehead atoms. The molecule has 0 saturated heterocycles. The van der Waals surface area contributed by atoms with Crippen molar-refractivity contribution in [3.05, 3.63) is 18.2 Å². The molecule has 0 aliphatic heterocycles. The van der Waals surface area contributed by atoms with Crippen molar-refractivity contribution in [2.75, 3.05) is 25.5 Å². The predicted octanol–water partition coefficient (Wildman–Crippen LogP) is 2.24. The van der Waals surface area contributed by atoms with Crippen LogP contribution in [0.1, 0.15) is 13.3 Å². The van der Waals surface area contributed by atoms with E-state index in [1.807, 2.05) is 25.1 Å². The number of hydrogen-bond donors (Lipinski definition) is 2. The van der Waals surface area contributed by atoms with Gasteiger partial charge in [0.1, 0.15) is 5.75 Å². The molecule has 0 saturated carbocycles. The predicted molar refractivity (Wildman–Crippen MR) is 78.0 cm³/mol. The van der Waals surface area contributed by atoms with Crippen LogP contribution in [0.15, 0.2) is 18.2 Å². The summed E-state index contributed by atoms with van der Waals surface area (Å²) >= 11 is 1.51. The summed E-state index contributed by atoms with van der Waals surface area (Å²) in [7, 11) is 1.64. The Bertz CT molecular complexity index is 568. The SMILES string of the molecule is CCCNC(=O)CNc1nc2ccc(OC)cc2s1. The first-order valence-electron chi connectivity index (χ1n) is 6.18. The van der Waals surface area contributed by atoms with E-state index in [2.05, 4.69) is 15.6 Å². The lowest BCUT2D eigenvalue weighted by Gasteiger charge is -2.03. The number of methoxy groups -OCH3 is 1. The van der Waals surface area contributed by atoms with Crippen molar-refractivity contribution in [3.63, 3.8) is 0 Å². The Morgan fingerprint density at radius 3 is 3.05 bits per heavy atom. The van der Waals surface area contributed by atoms with Crippen LogP contribution >= 0.6 is 11.3 Å². The summed E-state index contributed by atoms with van der Waals surface area (Å²) in [6.45, 7) is 2.98. The molecule has 6 heteroatoms. The van der Waals surface area contributed by atoms with Crippen molar-refractivity contribution in [2.45, 2.75) is 13.3 Å². The average Bonchev–Trinajstić information content (AvgIpc) is 2.84. The molecular formula is C13H17N3O2S. The highest BCUT2D eigenvalue weighted by Crippen LogP contribution is 2.28. The van der Waals surface area contributed by atoms with Gasteiger partial charge in [-0.05, 0) is 24.6 Å². The van der Waals surface area contributed by atoms with E-state index in [1.165, 1.54) is 11.3 Å². The molecule has 0 radical (unpaired) electrons. The lowest BCUT2D eigenvalue weighted by Crippen LogP contribution is -2.30. The van der Waals surface area contributed by atoms with Crippen LogP contribution < -0.4 is 15.4 Å². The van der Waals surface area contributed by atoms with Gasteiger partial charge < -0.3 is 15.4 Å². The minimum atomic E-state index is -0.0151. The summed E-state index contributed by atoms with van der Waals surface area (Å²) in [5, 5.41) is 6.59. The van der Waals surface area contributed by atoms with Gasteiger partial charge in [-0.2, -0.15) is 0 Å². The molecule has 1 amide bonds. The molecule has 1 aromatic carbocycles. The molecule has 0 aliphatic rings. The zero-order chi connectivity index (χ0) is 13.7. The highest BCUT2D eigenvalue weighted by molar-refractivity contribution is 7.22. The summed E-state index contributed by atoms with van der Waals surface area (Å²) < 4.78 is 6.21. The van der Waals surface area contributed by atoms with E-state index in [4.69, 9.17) is 4.74 Å². The highest BCUT2D eigenvalue weighted by atomic mass is 32.1. The fourth-order valence-electron chi connectivity index (χ4n) is 1.59. The van der Waals surface area contributed by atoms with Gasteiger partial charge in [0.15, 0.2) is 5.13 Å². The van der Waals surface area contributed by atoms with Crippen molar-refractivity contribution in [2.24, 2.45) is 0 Å². The molecule has 2 aromatic rings. The molecule has 0 atom stereocenters.